The van der Waals surface area contributed by atoms with Gasteiger partial charge in [0.1, 0.15) is 17.3 Å². The number of hydrogen-bond acceptors (Lipinski definition) is 2. The van der Waals surface area contributed by atoms with E-state index in [0.29, 0.717) is 11.5 Å². The Morgan fingerprint density at radius 2 is 1.78 bits per heavy atom. The van der Waals surface area contributed by atoms with Gasteiger partial charge in [0, 0.05) is 11.6 Å². The van der Waals surface area contributed by atoms with Crippen LogP contribution in [-0.2, 0) is 6.54 Å². The standard InChI is InChI=1S/C23H27ClFNO/c1-14(23-10-15-6-16(11-23)8-17(7-15)12-23)26-13-19-3-5-22(27-19)18-2-4-21(25)20(24)9-18/h2-5,9,14-17,26H,6-8,10-13H2,1H3/t14-,15?,16?,17?,23?/m1/s1. The van der Waals surface area contributed by atoms with Crippen LogP contribution in [0.1, 0.15) is 51.2 Å². The maximum atomic E-state index is 13.4. The smallest absolute Gasteiger partial charge is 0.141 e. The summed E-state index contributed by atoms with van der Waals surface area (Å²) in [4.78, 5) is 0. The van der Waals surface area contributed by atoms with Crippen LogP contribution in [0.25, 0.3) is 11.3 Å². The molecule has 1 N–H and O–H groups in total. The minimum Gasteiger partial charge on any atom is -0.460 e. The molecule has 1 aromatic carbocycles. The van der Waals surface area contributed by atoms with E-state index in [-0.39, 0.29) is 5.02 Å². The van der Waals surface area contributed by atoms with Gasteiger partial charge in [0.2, 0.25) is 0 Å². The van der Waals surface area contributed by atoms with Gasteiger partial charge < -0.3 is 9.73 Å². The predicted molar refractivity (Wildman–Crippen MR) is 106 cm³/mol. The number of hydrogen-bond donors (Lipinski definition) is 1. The van der Waals surface area contributed by atoms with Gasteiger partial charge in [0.25, 0.3) is 0 Å². The summed E-state index contributed by atoms with van der Waals surface area (Å²) >= 11 is 5.89. The molecule has 4 saturated carbocycles. The average molecular weight is 388 g/mol. The first kappa shape index (κ1) is 17.8. The van der Waals surface area contributed by atoms with Crippen LogP contribution < -0.4 is 5.32 Å². The molecule has 1 aromatic heterocycles. The summed E-state index contributed by atoms with van der Waals surface area (Å²) in [7, 11) is 0. The normalized spacial score (nSPS) is 32.8. The molecule has 0 amide bonds. The highest BCUT2D eigenvalue weighted by Gasteiger charge is 2.52. The van der Waals surface area contributed by atoms with Crippen molar-refractivity contribution in [1.82, 2.24) is 5.32 Å². The Balaban J connectivity index is 1.25. The average Bonchev–Trinajstić information content (AvgIpc) is 3.10. The topological polar surface area (TPSA) is 25.2 Å². The molecule has 0 aliphatic heterocycles. The molecule has 4 bridgehead atoms. The Bertz CT molecular complexity index is 809. The summed E-state index contributed by atoms with van der Waals surface area (Å²) < 4.78 is 19.4. The van der Waals surface area contributed by atoms with Crippen molar-refractivity contribution < 1.29 is 8.81 Å². The lowest BCUT2D eigenvalue weighted by Gasteiger charge is -2.59. The lowest BCUT2D eigenvalue weighted by atomic mass is 9.48. The highest BCUT2D eigenvalue weighted by Crippen LogP contribution is 2.61. The molecule has 0 spiro atoms. The molecular formula is C23H27ClFNO. The van der Waals surface area contributed by atoms with E-state index in [1.807, 2.05) is 12.1 Å². The Hall–Kier alpha value is -1.32. The van der Waals surface area contributed by atoms with Gasteiger partial charge in [-0.25, -0.2) is 4.39 Å². The molecule has 4 aliphatic carbocycles. The Morgan fingerprint density at radius 1 is 1.11 bits per heavy atom. The molecule has 1 atom stereocenters. The van der Waals surface area contributed by atoms with Crippen LogP contribution in [0.4, 0.5) is 4.39 Å². The Morgan fingerprint density at radius 3 is 2.41 bits per heavy atom. The zero-order valence-corrected chi connectivity index (χ0v) is 16.6. The molecule has 1 heterocycles. The van der Waals surface area contributed by atoms with Crippen molar-refractivity contribution in [3.8, 4) is 11.3 Å². The van der Waals surface area contributed by atoms with Crippen molar-refractivity contribution in [2.75, 3.05) is 0 Å². The van der Waals surface area contributed by atoms with E-state index in [2.05, 4.69) is 12.2 Å². The van der Waals surface area contributed by atoms with Gasteiger partial charge in [-0.1, -0.05) is 11.6 Å². The zero-order valence-electron chi connectivity index (χ0n) is 15.8. The number of benzene rings is 1. The van der Waals surface area contributed by atoms with Crippen molar-refractivity contribution in [3.05, 3.63) is 46.9 Å². The Labute approximate surface area is 165 Å². The quantitative estimate of drug-likeness (QED) is 0.639. The number of halogens is 2. The lowest BCUT2D eigenvalue weighted by Crippen LogP contribution is -2.54. The van der Waals surface area contributed by atoms with Gasteiger partial charge >= 0.3 is 0 Å². The summed E-state index contributed by atoms with van der Waals surface area (Å²) in [5.41, 5.74) is 1.30. The first-order valence-electron chi connectivity index (χ1n) is 10.3. The fourth-order valence-corrected chi connectivity index (χ4v) is 6.64. The van der Waals surface area contributed by atoms with Gasteiger partial charge in [-0.15, -0.1) is 0 Å². The molecule has 4 fully saturated rings. The summed E-state index contributed by atoms with van der Waals surface area (Å²) in [5, 5.41) is 3.89. The van der Waals surface area contributed by atoms with E-state index in [1.165, 1.54) is 44.6 Å². The second-order valence-electron chi connectivity index (χ2n) is 9.28. The van der Waals surface area contributed by atoms with Crippen molar-refractivity contribution in [3.63, 3.8) is 0 Å². The second kappa shape index (κ2) is 6.63. The lowest BCUT2D eigenvalue weighted by molar-refractivity contribution is -0.0708. The molecule has 0 saturated heterocycles. The van der Waals surface area contributed by atoms with Crippen LogP contribution in [0.3, 0.4) is 0 Å². The SMILES string of the molecule is C[C@@H](NCc1ccc(-c2ccc(F)c(Cl)c2)o1)C12CC3CC(CC(C3)C1)C2. The highest BCUT2D eigenvalue weighted by atomic mass is 35.5. The van der Waals surface area contributed by atoms with Gasteiger partial charge in [0.15, 0.2) is 0 Å². The third-order valence-corrected chi connectivity index (χ3v) is 7.74. The molecule has 0 radical (unpaired) electrons. The minimum atomic E-state index is -0.404. The number of rotatable bonds is 5. The van der Waals surface area contributed by atoms with Crippen molar-refractivity contribution in [2.45, 2.75) is 58.0 Å². The molecule has 2 nitrogen and oxygen atoms in total. The van der Waals surface area contributed by atoms with Crippen LogP contribution >= 0.6 is 11.6 Å². The number of nitrogens with one attached hydrogen (secondary N) is 1. The number of furan rings is 1. The molecule has 4 aliphatic rings. The van der Waals surface area contributed by atoms with Crippen molar-refractivity contribution in [1.29, 1.82) is 0 Å². The fourth-order valence-electron chi connectivity index (χ4n) is 6.46. The molecule has 2 aromatic rings. The summed E-state index contributed by atoms with van der Waals surface area (Å²) in [6, 6.07) is 9.16. The summed E-state index contributed by atoms with van der Waals surface area (Å²) in [5.74, 6) is 4.16. The van der Waals surface area contributed by atoms with Crippen molar-refractivity contribution >= 4 is 11.6 Å². The highest BCUT2D eigenvalue weighted by molar-refractivity contribution is 6.31. The van der Waals surface area contributed by atoms with Gasteiger partial charge in [-0.05, 0) is 98.9 Å². The first-order chi connectivity index (χ1) is 13.0. The molecule has 4 heteroatoms. The zero-order chi connectivity index (χ0) is 18.6. The van der Waals surface area contributed by atoms with Crippen molar-refractivity contribution in [2.24, 2.45) is 23.2 Å². The van der Waals surface area contributed by atoms with E-state index < -0.39 is 5.82 Å². The maximum absolute atomic E-state index is 13.4. The Kier molecular flexibility index (Phi) is 4.36. The largest absolute Gasteiger partial charge is 0.460 e. The fraction of sp³-hybridized carbons (Fsp3) is 0.565. The second-order valence-corrected chi connectivity index (χ2v) is 9.68. The summed E-state index contributed by atoms with van der Waals surface area (Å²) in [6.07, 6.45) is 8.66. The van der Waals surface area contributed by atoms with E-state index in [1.54, 1.807) is 12.1 Å². The summed E-state index contributed by atoms with van der Waals surface area (Å²) in [6.45, 7) is 3.11. The van der Waals surface area contributed by atoms with E-state index in [0.717, 1.165) is 41.4 Å². The minimum absolute atomic E-state index is 0.124. The molecule has 0 unspecified atom stereocenters. The molecule has 27 heavy (non-hydrogen) atoms. The molecule has 144 valence electrons. The third kappa shape index (κ3) is 3.23. The van der Waals surface area contributed by atoms with Crippen LogP contribution in [-0.4, -0.2) is 6.04 Å². The van der Waals surface area contributed by atoms with Crippen LogP contribution in [0.5, 0.6) is 0 Å². The van der Waals surface area contributed by atoms with Gasteiger partial charge in [-0.3, -0.25) is 0 Å². The molecular weight excluding hydrogens is 361 g/mol. The van der Waals surface area contributed by atoms with Crippen LogP contribution in [0.15, 0.2) is 34.7 Å². The van der Waals surface area contributed by atoms with E-state index >= 15 is 0 Å². The molecule has 6 rings (SSSR count). The predicted octanol–water partition coefficient (Wildman–Crippen LogP) is 6.43. The monoisotopic (exact) mass is 387 g/mol. The van der Waals surface area contributed by atoms with Gasteiger partial charge in [0.05, 0.1) is 11.6 Å². The van der Waals surface area contributed by atoms with Crippen LogP contribution in [0.2, 0.25) is 5.02 Å². The third-order valence-electron chi connectivity index (χ3n) is 7.45. The van der Waals surface area contributed by atoms with Crippen LogP contribution in [0, 0.1) is 29.0 Å². The van der Waals surface area contributed by atoms with E-state index in [4.69, 9.17) is 16.0 Å². The first-order valence-corrected chi connectivity index (χ1v) is 10.7. The van der Waals surface area contributed by atoms with Gasteiger partial charge in [-0.2, -0.15) is 0 Å². The van der Waals surface area contributed by atoms with E-state index in [9.17, 15) is 4.39 Å². The maximum Gasteiger partial charge on any atom is 0.141 e.